The van der Waals surface area contributed by atoms with E-state index in [-0.39, 0.29) is 24.5 Å². The minimum absolute atomic E-state index is 0.103. The average Bonchev–Trinajstić information content (AvgIpc) is 2.52. The Labute approximate surface area is 138 Å². The number of esters is 1. The molecule has 6 heteroatoms. The fourth-order valence-corrected chi connectivity index (χ4v) is 4.62. The van der Waals surface area contributed by atoms with Crippen molar-refractivity contribution in [2.75, 3.05) is 0 Å². The lowest BCUT2D eigenvalue weighted by Crippen LogP contribution is -2.40. The molecular formula is C17H25NO4S. The maximum absolute atomic E-state index is 12.2. The zero-order valence-electron chi connectivity index (χ0n) is 13.7. The Bertz CT molecular complexity index is 605. The number of hydrogen-bond donors (Lipinski definition) is 1. The fourth-order valence-electron chi connectivity index (χ4n) is 2.88. The quantitative estimate of drug-likeness (QED) is 0.809. The zero-order valence-corrected chi connectivity index (χ0v) is 14.5. The number of sulfonamides is 1. The van der Waals surface area contributed by atoms with E-state index in [1.807, 2.05) is 44.2 Å². The van der Waals surface area contributed by atoms with E-state index in [4.69, 9.17) is 4.74 Å². The van der Waals surface area contributed by atoms with Crippen LogP contribution in [-0.2, 0) is 26.2 Å². The third-order valence-corrected chi connectivity index (χ3v) is 6.22. The van der Waals surface area contributed by atoms with Gasteiger partial charge in [0.15, 0.2) is 0 Å². The Morgan fingerprint density at radius 3 is 2.35 bits per heavy atom. The fraction of sp³-hybridized carbons (Fsp3) is 0.588. The molecule has 1 aliphatic carbocycles. The summed E-state index contributed by atoms with van der Waals surface area (Å²) in [6, 6.07) is 9.44. The van der Waals surface area contributed by atoms with Gasteiger partial charge < -0.3 is 4.74 Å². The minimum atomic E-state index is -3.29. The van der Waals surface area contributed by atoms with Gasteiger partial charge >= 0.3 is 5.97 Å². The summed E-state index contributed by atoms with van der Waals surface area (Å²) in [5, 5.41) is -0.400. The lowest BCUT2D eigenvalue weighted by atomic mass is 9.89. The van der Waals surface area contributed by atoms with Crippen LogP contribution in [0.25, 0.3) is 0 Å². The van der Waals surface area contributed by atoms with Crippen molar-refractivity contribution in [3.05, 3.63) is 35.9 Å². The predicted octanol–water partition coefficient (Wildman–Crippen LogP) is 2.62. The van der Waals surface area contributed by atoms with Gasteiger partial charge in [-0.3, -0.25) is 4.79 Å². The van der Waals surface area contributed by atoms with E-state index >= 15 is 0 Å². The molecule has 2 rings (SSSR count). The molecule has 1 N–H and O–H groups in total. The molecule has 1 aromatic carbocycles. The standard InChI is InChI=1S/C17H25NO4S/c1-13(2)18-23(20,21)16-10-8-15(9-11-16)17(19)22-12-14-6-4-3-5-7-14/h3-7,13,15-16,18H,8-12H2,1-2H3. The molecule has 0 heterocycles. The van der Waals surface area contributed by atoms with Crippen molar-refractivity contribution >= 4 is 16.0 Å². The van der Waals surface area contributed by atoms with E-state index in [1.165, 1.54) is 0 Å². The molecule has 1 aromatic rings. The van der Waals surface area contributed by atoms with Gasteiger partial charge in [0.2, 0.25) is 10.0 Å². The number of carbonyl (C=O) groups excluding carboxylic acids is 1. The van der Waals surface area contributed by atoms with Gasteiger partial charge in [-0.1, -0.05) is 30.3 Å². The van der Waals surface area contributed by atoms with Gasteiger partial charge in [0.1, 0.15) is 6.61 Å². The summed E-state index contributed by atoms with van der Waals surface area (Å²) in [5.41, 5.74) is 0.957. The van der Waals surface area contributed by atoms with Gasteiger partial charge in [-0.2, -0.15) is 0 Å². The molecule has 0 aromatic heterocycles. The maximum atomic E-state index is 12.2. The normalized spacial score (nSPS) is 22.0. The number of carbonyl (C=O) groups is 1. The maximum Gasteiger partial charge on any atom is 0.309 e. The summed E-state index contributed by atoms with van der Waals surface area (Å²) in [6.07, 6.45) is 2.15. The molecule has 0 saturated heterocycles. The van der Waals surface area contributed by atoms with Crippen LogP contribution in [-0.4, -0.2) is 25.7 Å². The molecule has 0 atom stereocenters. The number of rotatable bonds is 6. The first-order valence-electron chi connectivity index (χ1n) is 8.10. The second-order valence-electron chi connectivity index (χ2n) is 6.38. The minimum Gasteiger partial charge on any atom is -0.461 e. The molecule has 1 fully saturated rings. The van der Waals surface area contributed by atoms with Gasteiger partial charge in [0.05, 0.1) is 11.2 Å². The smallest absolute Gasteiger partial charge is 0.309 e. The molecule has 0 radical (unpaired) electrons. The number of benzene rings is 1. The second kappa shape index (κ2) is 7.93. The first kappa shape index (κ1) is 17.9. The van der Waals surface area contributed by atoms with Gasteiger partial charge in [-0.25, -0.2) is 13.1 Å². The van der Waals surface area contributed by atoms with Crippen LogP contribution >= 0.6 is 0 Å². The van der Waals surface area contributed by atoms with Gasteiger partial charge in [-0.15, -0.1) is 0 Å². The van der Waals surface area contributed by atoms with E-state index in [9.17, 15) is 13.2 Å². The van der Waals surface area contributed by atoms with Gasteiger partial charge in [0.25, 0.3) is 0 Å². The molecule has 0 spiro atoms. The lowest BCUT2D eigenvalue weighted by molar-refractivity contribution is -0.151. The van der Waals surface area contributed by atoms with Crippen molar-refractivity contribution in [3.63, 3.8) is 0 Å². The van der Waals surface area contributed by atoms with Crippen LogP contribution in [0.15, 0.2) is 30.3 Å². The molecule has 128 valence electrons. The average molecular weight is 339 g/mol. The Balaban J connectivity index is 1.81. The molecule has 0 aliphatic heterocycles. The topological polar surface area (TPSA) is 72.5 Å². The summed E-state index contributed by atoms with van der Waals surface area (Å²) in [7, 11) is -3.29. The Morgan fingerprint density at radius 1 is 1.17 bits per heavy atom. The van der Waals surface area contributed by atoms with Crippen molar-refractivity contribution in [2.24, 2.45) is 5.92 Å². The number of hydrogen-bond acceptors (Lipinski definition) is 4. The first-order valence-corrected chi connectivity index (χ1v) is 9.65. The van der Waals surface area contributed by atoms with Gasteiger partial charge in [0, 0.05) is 6.04 Å². The molecule has 1 aliphatic rings. The Hall–Kier alpha value is -1.40. The van der Waals surface area contributed by atoms with E-state index < -0.39 is 15.3 Å². The number of nitrogens with one attached hydrogen (secondary N) is 1. The highest BCUT2D eigenvalue weighted by molar-refractivity contribution is 7.90. The summed E-state index contributed by atoms with van der Waals surface area (Å²) in [5.74, 6) is -0.411. The summed E-state index contributed by atoms with van der Waals surface area (Å²) < 4.78 is 32.3. The van der Waals surface area contributed by atoms with Crippen LogP contribution in [0.1, 0.15) is 45.1 Å². The highest BCUT2D eigenvalue weighted by Crippen LogP contribution is 2.29. The van der Waals surface area contributed by atoms with E-state index in [1.54, 1.807) is 0 Å². The van der Waals surface area contributed by atoms with Crippen molar-refractivity contribution in [1.82, 2.24) is 4.72 Å². The SMILES string of the molecule is CC(C)NS(=O)(=O)C1CCC(C(=O)OCc2ccccc2)CC1. The van der Waals surface area contributed by atoms with Crippen molar-refractivity contribution in [3.8, 4) is 0 Å². The van der Waals surface area contributed by atoms with E-state index in [0.717, 1.165) is 5.56 Å². The second-order valence-corrected chi connectivity index (χ2v) is 8.38. The monoisotopic (exact) mass is 339 g/mol. The molecule has 0 unspecified atom stereocenters. The molecular weight excluding hydrogens is 314 g/mol. The highest BCUT2D eigenvalue weighted by atomic mass is 32.2. The van der Waals surface area contributed by atoms with E-state index in [0.29, 0.717) is 25.7 Å². The Kier molecular flexibility index (Phi) is 6.18. The largest absolute Gasteiger partial charge is 0.461 e. The van der Waals surface area contributed by atoms with Crippen molar-refractivity contribution in [1.29, 1.82) is 0 Å². The van der Waals surface area contributed by atoms with Crippen LogP contribution in [0.2, 0.25) is 0 Å². The molecule has 23 heavy (non-hydrogen) atoms. The van der Waals surface area contributed by atoms with Gasteiger partial charge in [-0.05, 0) is 45.1 Å². The lowest BCUT2D eigenvalue weighted by Gasteiger charge is -2.27. The summed E-state index contributed by atoms with van der Waals surface area (Å²) >= 11 is 0. The van der Waals surface area contributed by atoms with Crippen LogP contribution in [0.5, 0.6) is 0 Å². The van der Waals surface area contributed by atoms with Crippen LogP contribution in [0.3, 0.4) is 0 Å². The van der Waals surface area contributed by atoms with Crippen LogP contribution in [0.4, 0.5) is 0 Å². The highest BCUT2D eigenvalue weighted by Gasteiger charge is 2.34. The van der Waals surface area contributed by atoms with Crippen LogP contribution < -0.4 is 4.72 Å². The van der Waals surface area contributed by atoms with Crippen molar-refractivity contribution in [2.45, 2.75) is 57.4 Å². The molecule has 5 nitrogen and oxygen atoms in total. The molecule has 0 bridgehead atoms. The third kappa shape index (κ3) is 5.32. The summed E-state index contributed by atoms with van der Waals surface area (Å²) in [6.45, 7) is 3.89. The molecule has 1 saturated carbocycles. The third-order valence-electron chi connectivity index (χ3n) is 4.07. The van der Waals surface area contributed by atoms with Crippen LogP contribution in [0, 0.1) is 5.92 Å². The first-order chi connectivity index (χ1) is 10.9. The van der Waals surface area contributed by atoms with Crippen molar-refractivity contribution < 1.29 is 17.9 Å². The van der Waals surface area contributed by atoms with E-state index in [2.05, 4.69) is 4.72 Å². The predicted molar refractivity (Wildman–Crippen MR) is 89.2 cm³/mol. The number of ether oxygens (including phenoxy) is 1. The summed E-state index contributed by atoms with van der Waals surface area (Å²) in [4.78, 5) is 12.1. The Morgan fingerprint density at radius 2 is 1.78 bits per heavy atom. The zero-order chi connectivity index (χ0) is 16.9. The molecule has 0 amide bonds.